The van der Waals surface area contributed by atoms with E-state index >= 15 is 0 Å². The predicted octanol–water partition coefficient (Wildman–Crippen LogP) is 6.92. The molecule has 8 heteroatoms. The van der Waals surface area contributed by atoms with Crippen LogP contribution in [0.1, 0.15) is 67.9 Å². The first kappa shape index (κ1) is 25.5. The van der Waals surface area contributed by atoms with Gasteiger partial charge in [0.2, 0.25) is 5.88 Å². The zero-order valence-corrected chi connectivity index (χ0v) is 21.5. The average Bonchev–Trinajstić information content (AvgIpc) is 3.18. The van der Waals surface area contributed by atoms with Gasteiger partial charge in [0, 0.05) is 24.2 Å². The fraction of sp³-hybridized carbons (Fsp3) is 0.407. The molecule has 1 heterocycles. The van der Waals surface area contributed by atoms with Gasteiger partial charge < -0.3 is 15.4 Å². The lowest BCUT2D eigenvalue weighted by molar-refractivity contribution is 0.0949. The number of hydrogen-bond acceptors (Lipinski definition) is 4. The molecule has 0 saturated heterocycles. The van der Waals surface area contributed by atoms with Crippen molar-refractivity contribution in [3.8, 4) is 17.3 Å². The molecule has 4 rings (SSSR count). The number of para-hydroxylation sites is 1. The Hall–Kier alpha value is -2.54. The number of nitrogens with one attached hydrogen (secondary N) is 2. The molecule has 0 bridgehead atoms. The molecule has 0 atom stereocenters. The van der Waals surface area contributed by atoms with E-state index in [1.165, 1.54) is 32.1 Å². The zero-order valence-electron chi connectivity index (χ0n) is 20.0. The van der Waals surface area contributed by atoms with E-state index in [1.807, 2.05) is 25.1 Å². The standard InChI is InChI=1S/C27H32Cl2N4O2/c1-2-30-26(34)25-22(18-31-20-10-6-4-3-5-7-11-20)27(35-21-16-14-19(28)15-17-21)33(32-25)24-13-9-8-12-23(24)29/h8-9,12-17,20,31H,2-7,10-11,18H2,1H3,(H,30,34). The van der Waals surface area contributed by atoms with Crippen molar-refractivity contribution < 1.29 is 9.53 Å². The first-order valence-corrected chi connectivity index (χ1v) is 13.1. The third-order valence-corrected chi connectivity index (χ3v) is 6.84. The summed E-state index contributed by atoms with van der Waals surface area (Å²) in [6.45, 7) is 2.85. The van der Waals surface area contributed by atoms with Crippen molar-refractivity contribution in [2.45, 2.75) is 64.5 Å². The molecule has 3 aromatic rings. The Balaban J connectivity index is 1.75. The first-order chi connectivity index (χ1) is 17.1. The molecule has 1 aliphatic rings. The van der Waals surface area contributed by atoms with E-state index in [9.17, 15) is 4.79 Å². The average molecular weight is 515 g/mol. The van der Waals surface area contributed by atoms with E-state index in [4.69, 9.17) is 33.0 Å². The summed E-state index contributed by atoms with van der Waals surface area (Å²) in [6.07, 6.45) is 8.56. The number of amides is 1. The van der Waals surface area contributed by atoms with Crippen molar-refractivity contribution in [3.05, 3.63) is 69.8 Å². The van der Waals surface area contributed by atoms with Crippen LogP contribution in [-0.2, 0) is 6.54 Å². The van der Waals surface area contributed by atoms with E-state index in [-0.39, 0.29) is 5.91 Å². The van der Waals surface area contributed by atoms with Crippen LogP contribution in [0.25, 0.3) is 5.69 Å². The molecule has 35 heavy (non-hydrogen) atoms. The molecule has 1 saturated carbocycles. The third kappa shape index (κ3) is 6.57. The second-order valence-electron chi connectivity index (χ2n) is 8.83. The van der Waals surface area contributed by atoms with Crippen LogP contribution in [0.4, 0.5) is 0 Å². The van der Waals surface area contributed by atoms with Gasteiger partial charge in [-0.15, -0.1) is 0 Å². The molecule has 2 aromatic carbocycles. The summed E-state index contributed by atoms with van der Waals surface area (Å²) in [5.74, 6) is 0.811. The zero-order chi connectivity index (χ0) is 24.6. The van der Waals surface area contributed by atoms with E-state index in [0.29, 0.717) is 57.8 Å². The maximum Gasteiger partial charge on any atom is 0.272 e. The van der Waals surface area contributed by atoms with Gasteiger partial charge in [-0.2, -0.15) is 9.78 Å². The quantitative estimate of drug-likeness (QED) is 0.342. The van der Waals surface area contributed by atoms with E-state index in [2.05, 4.69) is 10.6 Å². The molecule has 1 aliphatic carbocycles. The molecule has 0 unspecified atom stereocenters. The Bertz CT molecular complexity index is 1120. The maximum absolute atomic E-state index is 13.1. The lowest BCUT2D eigenvalue weighted by Crippen LogP contribution is -2.31. The number of rotatable bonds is 8. The van der Waals surface area contributed by atoms with Gasteiger partial charge in [-0.05, 0) is 56.2 Å². The third-order valence-electron chi connectivity index (χ3n) is 6.27. The van der Waals surface area contributed by atoms with Gasteiger partial charge in [-0.25, -0.2) is 0 Å². The summed E-state index contributed by atoms with van der Waals surface area (Å²) in [5.41, 5.74) is 1.67. The first-order valence-electron chi connectivity index (χ1n) is 12.4. The summed E-state index contributed by atoms with van der Waals surface area (Å²) in [4.78, 5) is 13.1. The summed E-state index contributed by atoms with van der Waals surface area (Å²) >= 11 is 12.6. The molecule has 0 aliphatic heterocycles. The van der Waals surface area contributed by atoms with Crippen molar-refractivity contribution in [2.24, 2.45) is 0 Å². The van der Waals surface area contributed by atoms with Crippen LogP contribution in [0, 0.1) is 0 Å². The SMILES string of the molecule is CCNC(=O)c1nn(-c2ccccc2Cl)c(Oc2ccc(Cl)cc2)c1CNC1CCCCCCC1. The van der Waals surface area contributed by atoms with Gasteiger partial charge in [0.05, 0.1) is 16.3 Å². The minimum absolute atomic E-state index is 0.242. The number of nitrogens with zero attached hydrogens (tertiary/aromatic N) is 2. The van der Waals surface area contributed by atoms with Crippen LogP contribution in [0.2, 0.25) is 10.0 Å². The fourth-order valence-corrected chi connectivity index (χ4v) is 4.78. The highest BCUT2D eigenvalue weighted by Crippen LogP contribution is 2.34. The van der Waals surface area contributed by atoms with E-state index in [1.54, 1.807) is 35.0 Å². The van der Waals surface area contributed by atoms with Crippen LogP contribution in [0.3, 0.4) is 0 Å². The number of aromatic nitrogens is 2. The molecular formula is C27H32Cl2N4O2. The highest BCUT2D eigenvalue weighted by Gasteiger charge is 2.27. The van der Waals surface area contributed by atoms with Crippen LogP contribution >= 0.6 is 23.2 Å². The smallest absolute Gasteiger partial charge is 0.272 e. The summed E-state index contributed by atoms with van der Waals surface area (Å²) in [6, 6.07) is 14.9. The van der Waals surface area contributed by atoms with Gasteiger partial charge in [-0.1, -0.05) is 67.4 Å². The molecule has 186 valence electrons. The van der Waals surface area contributed by atoms with Crippen LogP contribution in [0.5, 0.6) is 11.6 Å². The minimum atomic E-state index is -0.242. The highest BCUT2D eigenvalue weighted by molar-refractivity contribution is 6.32. The van der Waals surface area contributed by atoms with Crippen LogP contribution < -0.4 is 15.4 Å². The lowest BCUT2D eigenvalue weighted by atomic mass is 9.96. The van der Waals surface area contributed by atoms with Crippen molar-refractivity contribution in [2.75, 3.05) is 6.54 Å². The van der Waals surface area contributed by atoms with Crippen molar-refractivity contribution in [1.29, 1.82) is 0 Å². The normalized spacial score (nSPS) is 14.8. The van der Waals surface area contributed by atoms with Crippen molar-refractivity contribution in [3.63, 3.8) is 0 Å². The number of carbonyl (C=O) groups excluding carboxylic acids is 1. The summed E-state index contributed by atoms with van der Waals surface area (Å²) < 4.78 is 7.98. The van der Waals surface area contributed by atoms with Gasteiger partial charge >= 0.3 is 0 Å². The van der Waals surface area contributed by atoms with Crippen LogP contribution in [0.15, 0.2) is 48.5 Å². The van der Waals surface area contributed by atoms with Gasteiger partial charge in [0.1, 0.15) is 5.75 Å². The number of ether oxygens (including phenoxy) is 1. The fourth-order valence-electron chi connectivity index (χ4n) is 4.43. The Kier molecular flexibility index (Phi) is 9.07. The second kappa shape index (κ2) is 12.4. The van der Waals surface area contributed by atoms with E-state index in [0.717, 1.165) is 12.8 Å². The van der Waals surface area contributed by atoms with E-state index < -0.39 is 0 Å². The number of halogens is 2. The maximum atomic E-state index is 13.1. The largest absolute Gasteiger partial charge is 0.439 e. The Morgan fingerprint density at radius 1 is 1.03 bits per heavy atom. The predicted molar refractivity (Wildman–Crippen MR) is 141 cm³/mol. The summed E-state index contributed by atoms with van der Waals surface area (Å²) in [5, 5.41) is 12.4. The molecule has 1 aromatic heterocycles. The number of carbonyl (C=O) groups is 1. The Morgan fingerprint density at radius 2 is 1.71 bits per heavy atom. The summed E-state index contributed by atoms with van der Waals surface area (Å²) in [7, 11) is 0. The Labute approximate surface area is 217 Å². The molecule has 0 radical (unpaired) electrons. The van der Waals surface area contributed by atoms with Gasteiger partial charge in [0.25, 0.3) is 5.91 Å². The highest BCUT2D eigenvalue weighted by atomic mass is 35.5. The van der Waals surface area contributed by atoms with Crippen molar-refractivity contribution >= 4 is 29.1 Å². The molecule has 2 N–H and O–H groups in total. The number of hydrogen-bond donors (Lipinski definition) is 2. The van der Waals surface area contributed by atoms with Gasteiger partial charge in [-0.3, -0.25) is 4.79 Å². The minimum Gasteiger partial charge on any atom is -0.439 e. The Morgan fingerprint density at radius 3 is 2.40 bits per heavy atom. The topological polar surface area (TPSA) is 68.2 Å². The number of benzene rings is 2. The van der Waals surface area contributed by atoms with Gasteiger partial charge in [0.15, 0.2) is 5.69 Å². The molecule has 1 amide bonds. The molecular weight excluding hydrogens is 483 g/mol. The molecule has 1 fully saturated rings. The lowest BCUT2D eigenvalue weighted by Gasteiger charge is -2.21. The molecule has 0 spiro atoms. The van der Waals surface area contributed by atoms with Crippen LogP contribution in [-0.4, -0.2) is 28.3 Å². The van der Waals surface area contributed by atoms with Crippen molar-refractivity contribution in [1.82, 2.24) is 20.4 Å². The monoisotopic (exact) mass is 514 g/mol. The second-order valence-corrected chi connectivity index (χ2v) is 9.68. The molecule has 6 nitrogen and oxygen atoms in total.